The summed E-state index contributed by atoms with van der Waals surface area (Å²) >= 11 is 0. The van der Waals surface area contributed by atoms with Crippen molar-refractivity contribution in [1.29, 1.82) is 0 Å². The van der Waals surface area contributed by atoms with Crippen LogP contribution in [0.5, 0.6) is 0 Å². The zero-order valence-corrected chi connectivity index (χ0v) is 12.3. The Balaban J connectivity index is 1.75. The van der Waals surface area contributed by atoms with Gasteiger partial charge in [0.15, 0.2) is 5.82 Å². The Kier molecular flexibility index (Phi) is 4.09. The molecule has 0 bridgehead atoms. The summed E-state index contributed by atoms with van der Waals surface area (Å²) in [6.07, 6.45) is 2.86. The molecule has 1 aliphatic heterocycles. The molecule has 3 rings (SSSR count). The second-order valence-electron chi connectivity index (χ2n) is 5.27. The number of carbonyl (C=O) groups is 1. The molecule has 10 heteroatoms. The molecule has 0 spiro atoms. The monoisotopic (exact) mass is 306 g/mol. The fraction of sp³-hybridized carbons (Fsp3) is 0.667. The SMILES string of the molecule is CCCn1nnnc1CN1CCCC1c1nc(C(N)=O)no1. The number of tetrazole rings is 1. The Hall–Kier alpha value is -2.36. The van der Waals surface area contributed by atoms with Crippen LogP contribution in [0.3, 0.4) is 0 Å². The first-order valence-electron chi connectivity index (χ1n) is 7.31. The first kappa shape index (κ1) is 14.6. The van der Waals surface area contributed by atoms with Crippen LogP contribution < -0.4 is 5.73 Å². The summed E-state index contributed by atoms with van der Waals surface area (Å²) in [4.78, 5) is 17.3. The summed E-state index contributed by atoms with van der Waals surface area (Å²) < 4.78 is 6.98. The Morgan fingerprint density at radius 2 is 2.36 bits per heavy atom. The third-order valence-electron chi connectivity index (χ3n) is 3.70. The van der Waals surface area contributed by atoms with E-state index in [9.17, 15) is 4.79 Å². The highest BCUT2D eigenvalue weighted by atomic mass is 16.5. The maximum absolute atomic E-state index is 11.1. The van der Waals surface area contributed by atoms with Crippen molar-refractivity contribution in [3.8, 4) is 0 Å². The van der Waals surface area contributed by atoms with E-state index in [2.05, 4.69) is 37.5 Å². The predicted molar refractivity (Wildman–Crippen MR) is 73.3 cm³/mol. The van der Waals surface area contributed by atoms with Crippen molar-refractivity contribution in [2.24, 2.45) is 5.73 Å². The molecule has 118 valence electrons. The van der Waals surface area contributed by atoms with Crippen LogP contribution in [0.2, 0.25) is 0 Å². The normalized spacial score (nSPS) is 18.9. The maximum atomic E-state index is 11.1. The topological polar surface area (TPSA) is 129 Å². The number of nitrogens with zero attached hydrogens (tertiary/aromatic N) is 7. The van der Waals surface area contributed by atoms with E-state index in [1.165, 1.54) is 0 Å². The van der Waals surface area contributed by atoms with Crippen LogP contribution in [0.25, 0.3) is 0 Å². The summed E-state index contributed by atoms with van der Waals surface area (Å²) in [6, 6.07) is -0.0348. The van der Waals surface area contributed by atoms with Crippen molar-refractivity contribution in [2.45, 2.75) is 45.3 Å². The highest BCUT2D eigenvalue weighted by Gasteiger charge is 2.32. The molecule has 1 fully saturated rings. The molecule has 0 aromatic carbocycles. The molecule has 0 radical (unpaired) electrons. The summed E-state index contributed by atoms with van der Waals surface area (Å²) in [6.45, 7) is 4.35. The lowest BCUT2D eigenvalue weighted by Gasteiger charge is -2.20. The number of hydrogen-bond donors (Lipinski definition) is 1. The number of aryl methyl sites for hydroxylation is 1. The van der Waals surface area contributed by atoms with Gasteiger partial charge in [0.05, 0.1) is 12.6 Å². The molecule has 2 N–H and O–H groups in total. The van der Waals surface area contributed by atoms with Gasteiger partial charge in [0.1, 0.15) is 0 Å². The summed E-state index contributed by atoms with van der Waals surface area (Å²) in [5.41, 5.74) is 5.16. The van der Waals surface area contributed by atoms with Crippen molar-refractivity contribution >= 4 is 5.91 Å². The molecule has 0 saturated carbocycles. The van der Waals surface area contributed by atoms with E-state index in [1.54, 1.807) is 4.68 Å². The van der Waals surface area contributed by atoms with Crippen LogP contribution in [0.15, 0.2) is 4.52 Å². The van der Waals surface area contributed by atoms with Gasteiger partial charge in [-0.1, -0.05) is 12.1 Å². The van der Waals surface area contributed by atoms with Gasteiger partial charge in [-0.25, -0.2) is 4.68 Å². The van der Waals surface area contributed by atoms with Gasteiger partial charge in [-0.15, -0.1) is 5.10 Å². The number of aromatic nitrogens is 6. The lowest BCUT2D eigenvalue weighted by atomic mass is 10.2. The number of rotatable bonds is 6. The fourth-order valence-corrected chi connectivity index (χ4v) is 2.67. The standard InChI is InChI=1S/C12H18N8O2/c1-2-5-20-9(15-17-18-20)7-19-6-3-4-8(19)12-14-11(10(13)21)16-22-12/h8H,2-7H2,1H3,(H2,13,21). The third kappa shape index (κ3) is 2.82. The van der Waals surface area contributed by atoms with E-state index < -0.39 is 5.91 Å². The average Bonchev–Trinajstić information content (AvgIpc) is 3.20. The summed E-state index contributed by atoms with van der Waals surface area (Å²) in [5.74, 6) is 0.452. The molecule has 1 unspecified atom stereocenters. The van der Waals surface area contributed by atoms with Crippen LogP contribution in [0.1, 0.15) is 54.6 Å². The van der Waals surface area contributed by atoms with E-state index in [1.807, 2.05) is 0 Å². The summed E-state index contributed by atoms with van der Waals surface area (Å²) in [7, 11) is 0. The van der Waals surface area contributed by atoms with Gasteiger partial charge in [0, 0.05) is 6.54 Å². The Labute approximate surface area is 126 Å². The van der Waals surface area contributed by atoms with Crippen molar-refractivity contribution < 1.29 is 9.32 Å². The van der Waals surface area contributed by atoms with Crippen LogP contribution in [0, 0.1) is 0 Å². The number of primary amides is 1. The molecule has 10 nitrogen and oxygen atoms in total. The quantitative estimate of drug-likeness (QED) is 0.783. The molecular weight excluding hydrogens is 288 g/mol. The van der Waals surface area contributed by atoms with Crippen LogP contribution >= 0.6 is 0 Å². The number of hydrogen-bond acceptors (Lipinski definition) is 8. The number of amides is 1. The van der Waals surface area contributed by atoms with E-state index in [0.29, 0.717) is 12.4 Å². The molecule has 2 aromatic rings. The molecular formula is C12H18N8O2. The average molecular weight is 306 g/mol. The van der Waals surface area contributed by atoms with E-state index in [-0.39, 0.29) is 11.9 Å². The van der Waals surface area contributed by atoms with Gasteiger partial charge in [0.25, 0.3) is 11.7 Å². The minimum absolute atomic E-state index is 0.0348. The van der Waals surface area contributed by atoms with Gasteiger partial charge in [0.2, 0.25) is 5.89 Å². The third-order valence-corrected chi connectivity index (χ3v) is 3.70. The van der Waals surface area contributed by atoms with E-state index in [0.717, 1.165) is 38.2 Å². The molecule has 0 aliphatic carbocycles. The highest BCUT2D eigenvalue weighted by Crippen LogP contribution is 2.31. The minimum atomic E-state index is -0.688. The minimum Gasteiger partial charge on any atom is -0.363 e. The first-order valence-corrected chi connectivity index (χ1v) is 7.31. The van der Waals surface area contributed by atoms with Gasteiger partial charge in [-0.2, -0.15) is 4.98 Å². The molecule has 22 heavy (non-hydrogen) atoms. The fourth-order valence-electron chi connectivity index (χ4n) is 2.67. The van der Waals surface area contributed by atoms with Crippen molar-refractivity contribution in [3.05, 3.63) is 17.5 Å². The van der Waals surface area contributed by atoms with Gasteiger partial charge < -0.3 is 10.3 Å². The zero-order valence-electron chi connectivity index (χ0n) is 12.3. The van der Waals surface area contributed by atoms with Crippen molar-refractivity contribution in [2.75, 3.05) is 6.54 Å². The Morgan fingerprint density at radius 3 is 3.09 bits per heavy atom. The molecule has 3 heterocycles. The number of nitrogens with two attached hydrogens (primary N) is 1. The second kappa shape index (κ2) is 6.18. The van der Waals surface area contributed by atoms with Crippen molar-refractivity contribution in [1.82, 2.24) is 35.2 Å². The van der Waals surface area contributed by atoms with Crippen molar-refractivity contribution in [3.63, 3.8) is 0 Å². The summed E-state index contributed by atoms with van der Waals surface area (Å²) in [5, 5.41) is 15.4. The lowest BCUT2D eigenvalue weighted by Crippen LogP contribution is -2.25. The second-order valence-corrected chi connectivity index (χ2v) is 5.27. The van der Waals surface area contributed by atoms with E-state index >= 15 is 0 Å². The van der Waals surface area contributed by atoms with Gasteiger partial charge >= 0.3 is 0 Å². The molecule has 1 aliphatic rings. The smallest absolute Gasteiger partial charge is 0.290 e. The van der Waals surface area contributed by atoms with Crippen LogP contribution in [0.4, 0.5) is 0 Å². The first-order chi connectivity index (χ1) is 10.7. The zero-order chi connectivity index (χ0) is 15.5. The van der Waals surface area contributed by atoms with Gasteiger partial charge in [-0.3, -0.25) is 9.69 Å². The van der Waals surface area contributed by atoms with Crippen LogP contribution in [-0.2, 0) is 13.1 Å². The lowest BCUT2D eigenvalue weighted by molar-refractivity contribution is 0.0987. The van der Waals surface area contributed by atoms with Gasteiger partial charge in [-0.05, 0) is 36.2 Å². The molecule has 1 atom stereocenters. The van der Waals surface area contributed by atoms with Crippen LogP contribution in [-0.4, -0.2) is 47.7 Å². The predicted octanol–water partition coefficient (Wildman–Crippen LogP) is -0.0979. The number of carbonyl (C=O) groups excluding carboxylic acids is 1. The van der Waals surface area contributed by atoms with E-state index in [4.69, 9.17) is 10.3 Å². The molecule has 1 amide bonds. The largest absolute Gasteiger partial charge is 0.363 e. The molecule has 1 saturated heterocycles. The maximum Gasteiger partial charge on any atom is 0.290 e. The number of likely N-dealkylation sites (tertiary alicyclic amines) is 1. The molecule has 2 aromatic heterocycles. The Bertz CT molecular complexity index is 651. The Morgan fingerprint density at radius 1 is 1.50 bits per heavy atom. The highest BCUT2D eigenvalue weighted by molar-refractivity contribution is 5.88.